The number of halogens is 2. The molecule has 2 heterocycles. The largest absolute Gasteiger partial charge is 0.489 e. The SMILES string of the molecule is Cn1c(=O)[nH]c(=O)c2c1nc(NC1CCCCC1)n2C[C@@H](O)COc1ccc(Cl)cc1Cl. The molecule has 1 aliphatic carbocycles. The molecule has 172 valence electrons. The molecule has 1 saturated carbocycles. The minimum atomic E-state index is -0.970. The molecule has 1 atom stereocenters. The molecule has 9 nitrogen and oxygen atoms in total. The first-order chi connectivity index (χ1) is 15.3. The van der Waals surface area contributed by atoms with E-state index in [9.17, 15) is 14.7 Å². The van der Waals surface area contributed by atoms with Crippen molar-refractivity contribution in [3.63, 3.8) is 0 Å². The zero-order valence-corrected chi connectivity index (χ0v) is 19.1. The van der Waals surface area contributed by atoms with Gasteiger partial charge in [-0.25, -0.2) is 4.79 Å². The first-order valence-electron chi connectivity index (χ1n) is 10.6. The van der Waals surface area contributed by atoms with Crippen LogP contribution in [0, 0.1) is 0 Å². The van der Waals surface area contributed by atoms with E-state index in [4.69, 9.17) is 27.9 Å². The zero-order chi connectivity index (χ0) is 22.8. The average molecular weight is 482 g/mol. The highest BCUT2D eigenvalue weighted by Crippen LogP contribution is 2.28. The van der Waals surface area contributed by atoms with Crippen LogP contribution in [0.25, 0.3) is 11.2 Å². The van der Waals surface area contributed by atoms with Gasteiger partial charge in [0.05, 0.1) is 11.6 Å². The molecule has 2 aromatic heterocycles. The summed E-state index contributed by atoms with van der Waals surface area (Å²) in [6, 6.07) is 5.04. The third-order valence-corrected chi connectivity index (χ3v) is 6.19. The molecule has 0 saturated heterocycles. The molecule has 0 aliphatic heterocycles. The van der Waals surface area contributed by atoms with Crippen molar-refractivity contribution in [1.82, 2.24) is 19.1 Å². The lowest BCUT2D eigenvalue weighted by molar-refractivity contribution is 0.0938. The molecular formula is C21H25Cl2N5O4. The number of aliphatic hydroxyl groups excluding tert-OH is 1. The van der Waals surface area contributed by atoms with Gasteiger partial charge in [-0.2, -0.15) is 4.98 Å². The van der Waals surface area contributed by atoms with Gasteiger partial charge in [0, 0.05) is 18.1 Å². The molecule has 4 rings (SSSR count). The Balaban J connectivity index is 1.61. The van der Waals surface area contributed by atoms with Gasteiger partial charge in [-0.05, 0) is 31.0 Å². The number of benzene rings is 1. The Labute approximate surface area is 193 Å². The Morgan fingerprint density at radius 3 is 2.75 bits per heavy atom. The van der Waals surface area contributed by atoms with Crippen LogP contribution in [0.5, 0.6) is 5.75 Å². The average Bonchev–Trinajstić information content (AvgIpc) is 3.10. The number of nitrogens with zero attached hydrogens (tertiary/aromatic N) is 3. The first kappa shape index (κ1) is 22.7. The molecule has 0 unspecified atom stereocenters. The van der Waals surface area contributed by atoms with Gasteiger partial charge in [0.15, 0.2) is 11.2 Å². The molecule has 1 fully saturated rings. The van der Waals surface area contributed by atoms with E-state index >= 15 is 0 Å². The topological polar surface area (TPSA) is 114 Å². The highest BCUT2D eigenvalue weighted by molar-refractivity contribution is 6.35. The number of hydrogen-bond acceptors (Lipinski definition) is 6. The van der Waals surface area contributed by atoms with Crippen LogP contribution in [0.1, 0.15) is 32.1 Å². The van der Waals surface area contributed by atoms with Gasteiger partial charge in [0.25, 0.3) is 5.56 Å². The molecule has 11 heteroatoms. The lowest BCUT2D eigenvalue weighted by atomic mass is 9.96. The molecule has 0 spiro atoms. The fraction of sp³-hybridized carbons (Fsp3) is 0.476. The predicted molar refractivity (Wildman–Crippen MR) is 124 cm³/mol. The summed E-state index contributed by atoms with van der Waals surface area (Å²) in [4.78, 5) is 31.5. The molecule has 3 aromatic rings. The van der Waals surface area contributed by atoms with Crippen LogP contribution >= 0.6 is 23.2 Å². The zero-order valence-electron chi connectivity index (χ0n) is 17.6. The summed E-state index contributed by atoms with van der Waals surface area (Å²) < 4.78 is 8.54. The summed E-state index contributed by atoms with van der Waals surface area (Å²) >= 11 is 12.0. The molecule has 1 aliphatic rings. The maximum absolute atomic E-state index is 12.6. The van der Waals surface area contributed by atoms with Crippen molar-refractivity contribution in [2.45, 2.75) is 50.8 Å². The van der Waals surface area contributed by atoms with Gasteiger partial charge in [-0.3, -0.25) is 14.3 Å². The Bertz CT molecular complexity index is 1230. The van der Waals surface area contributed by atoms with Gasteiger partial charge in [-0.1, -0.05) is 42.5 Å². The van der Waals surface area contributed by atoms with Crippen molar-refractivity contribution in [3.8, 4) is 5.75 Å². The van der Waals surface area contributed by atoms with E-state index in [0.717, 1.165) is 25.7 Å². The fourth-order valence-electron chi connectivity index (χ4n) is 3.99. The van der Waals surface area contributed by atoms with E-state index in [1.807, 2.05) is 0 Å². The second kappa shape index (κ2) is 9.56. The number of fused-ring (bicyclic) bond motifs is 1. The van der Waals surface area contributed by atoms with Gasteiger partial charge in [0.2, 0.25) is 5.95 Å². The second-order valence-corrected chi connectivity index (χ2v) is 8.90. The van der Waals surface area contributed by atoms with E-state index in [0.29, 0.717) is 21.7 Å². The molecule has 0 bridgehead atoms. The summed E-state index contributed by atoms with van der Waals surface area (Å²) in [5.41, 5.74) is -0.626. The minimum absolute atomic E-state index is 0.0397. The summed E-state index contributed by atoms with van der Waals surface area (Å²) in [7, 11) is 1.55. The number of aromatic nitrogens is 4. The number of aliphatic hydroxyl groups is 1. The van der Waals surface area contributed by atoms with Crippen molar-refractivity contribution in [3.05, 3.63) is 49.1 Å². The monoisotopic (exact) mass is 481 g/mol. The number of imidazole rings is 1. The summed E-state index contributed by atoms with van der Waals surface area (Å²) in [6.45, 7) is -0.0222. The Kier molecular flexibility index (Phi) is 6.78. The lowest BCUT2D eigenvalue weighted by Gasteiger charge is -2.24. The van der Waals surface area contributed by atoms with E-state index in [1.165, 1.54) is 11.0 Å². The lowest BCUT2D eigenvalue weighted by Crippen LogP contribution is -2.31. The van der Waals surface area contributed by atoms with Crippen LogP contribution in [0.15, 0.2) is 27.8 Å². The predicted octanol–water partition coefficient (Wildman–Crippen LogP) is 2.91. The molecule has 1 aromatic carbocycles. The number of anilines is 1. The maximum Gasteiger partial charge on any atom is 0.329 e. The number of hydrogen-bond donors (Lipinski definition) is 3. The van der Waals surface area contributed by atoms with Crippen molar-refractivity contribution in [2.75, 3.05) is 11.9 Å². The minimum Gasteiger partial charge on any atom is -0.489 e. The second-order valence-electron chi connectivity index (χ2n) is 8.06. The highest BCUT2D eigenvalue weighted by Gasteiger charge is 2.22. The quantitative estimate of drug-likeness (QED) is 0.477. The van der Waals surface area contributed by atoms with Gasteiger partial charge in [0.1, 0.15) is 18.5 Å². The number of H-pyrrole nitrogens is 1. The van der Waals surface area contributed by atoms with E-state index in [1.54, 1.807) is 29.8 Å². The summed E-state index contributed by atoms with van der Waals surface area (Å²) in [6.07, 6.45) is 4.47. The van der Waals surface area contributed by atoms with Gasteiger partial charge >= 0.3 is 5.69 Å². The number of nitrogens with one attached hydrogen (secondary N) is 2. The van der Waals surface area contributed by atoms with Crippen LogP contribution in [-0.2, 0) is 13.6 Å². The van der Waals surface area contributed by atoms with Gasteiger partial charge in [-0.15, -0.1) is 0 Å². The molecule has 0 amide bonds. The van der Waals surface area contributed by atoms with Crippen molar-refractivity contribution >= 4 is 40.3 Å². The number of aryl methyl sites for hydroxylation is 1. The van der Waals surface area contributed by atoms with E-state index in [2.05, 4.69) is 15.3 Å². The van der Waals surface area contributed by atoms with E-state index < -0.39 is 17.4 Å². The van der Waals surface area contributed by atoms with Crippen molar-refractivity contribution < 1.29 is 9.84 Å². The fourth-order valence-corrected chi connectivity index (χ4v) is 4.46. The van der Waals surface area contributed by atoms with Crippen LogP contribution in [0.3, 0.4) is 0 Å². The maximum atomic E-state index is 12.6. The number of aromatic amines is 1. The molecular weight excluding hydrogens is 457 g/mol. The molecule has 32 heavy (non-hydrogen) atoms. The first-order valence-corrected chi connectivity index (χ1v) is 11.3. The normalized spacial score (nSPS) is 15.8. The highest BCUT2D eigenvalue weighted by atomic mass is 35.5. The Morgan fingerprint density at radius 1 is 1.28 bits per heavy atom. The van der Waals surface area contributed by atoms with Crippen LogP contribution in [-0.4, -0.2) is 43.0 Å². The van der Waals surface area contributed by atoms with Crippen LogP contribution in [0.4, 0.5) is 5.95 Å². The van der Waals surface area contributed by atoms with Gasteiger partial charge < -0.3 is 19.7 Å². The molecule has 0 radical (unpaired) electrons. The molecule has 3 N–H and O–H groups in total. The number of rotatable bonds is 7. The summed E-state index contributed by atoms with van der Waals surface area (Å²) in [5, 5.41) is 14.9. The van der Waals surface area contributed by atoms with Crippen molar-refractivity contribution in [2.24, 2.45) is 7.05 Å². The van der Waals surface area contributed by atoms with Crippen molar-refractivity contribution in [1.29, 1.82) is 0 Å². The smallest absolute Gasteiger partial charge is 0.329 e. The van der Waals surface area contributed by atoms with Crippen LogP contribution < -0.4 is 21.3 Å². The summed E-state index contributed by atoms with van der Waals surface area (Å²) in [5.74, 6) is 0.841. The Morgan fingerprint density at radius 2 is 2.03 bits per heavy atom. The van der Waals surface area contributed by atoms with E-state index in [-0.39, 0.29) is 30.4 Å². The number of ether oxygens (including phenoxy) is 1. The van der Waals surface area contributed by atoms with Crippen LogP contribution in [0.2, 0.25) is 10.0 Å². The third-order valence-electron chi connectivity index (χ3n) is 5.66. The third kappa shape index (κ3) is 4.79. The Hall–Kier alpha value is -2.49. The standard InChI is InChI=1S/C21H25Cl2N5O4/c1-27-18-17(19(30)26-21(27)31)28(20(25-18)24-13-5-3-2-4-6-13)10-14(29)11-32-16-8-7-12(22)9-15(16)23/h7-9,13-14,29H,2-6,10-11H2,1H3,(H,24,25)(H,26,30,31)/t14-/m1/s1.